The zero-order chi connectivity index (χ0) is 15.5. The Kier molecular flexibility index (Phi) is 4.14. The molecule has 0 aromatic heterocycles. The molecule has 7 nitrogen and oxygen atoms in total. The number of nitrogens with zero attached hydrogens (tertiary/aromatic N) is 2. The molecule has 0 atom stereocenters. The number of nitrogens with one attached hydrogen (secondary N) is 1. The molecule has 0 radical (unpaired) electrons. The summed E-state index contributed by atoms with van der Waals surface area (Å²) in [5.41, 5.74) is -1.86. The minimum Gasteiger partial charge on any atom is -0.381 e. The fraction of sp³-hybridized carbons (Fsp3) is 0.385. The number of anilines is 1. The maximum absolute atomic E-state index is 13.7. The summed E-state index contributed by atoms with van der Waals surface area (Å²) in [5.74, 6) is -1.54. The van der Waals surface area contributed by atoms with Gasteiger partial charge in [0.25, 0.3) is 5.69 Å². The third-order valence-electron chi connectivity index (χ3n) is 3.41. The molecule has 2 rings (SSSR count). The number of nitro groups is 1. The second kappa shape index (κ2) is 5.85. The second-order valence-corrected chi connectivity index (χ2v) is 4.68. The van der Waals surface area contributed by atoms with E-state index in [1.165, 1.54) is 0 Å². The summed E-state index contributed by atoms with van der Waals surface area (Å²) in [7, 11) is 0. The Morgan fingerprint density at radius 3 is 2.67 bits per heavy atom. The van der Waals surface area contributed by atoms with Crippen molar-refractivity contribution in [3.8, 4) is 6.07 Å². The lowest BCUT2D eigenvalue weighted by atomic mass is 9.81. The van der Waals surface area contributed by atoms with Crippen LogP contribution in [0, 0.1) is 32.7 Å². The molecular weight excluding hydrogens is 281 g/mol. The molecule has 0 spiro atoms. The molecule has 0 saturated carbocycles. The quantitative estimate of drug-likeness (QED) is 0.677. The summed E-state index contributed by atoms with van der Waals surface area (Å²) in [4.78, 5) is 22.0. The van der Waals surface area contributed by atoms with Crippen molar-refractivity contribution < 1.29 is 18.8 Å². The first-order valence-corrected chi connectivity index (χ1v) is 6.23. The molecule has 1 fully saturated rings. The lowest BCUT2D eigenvalue weighted by Gasteiger charge is -2.29. The summed E-state index contributed by atoms with van der Waals surface area (Å²) < 4.78 is 18.9. The number of benzene rings is 1. The van der Waals surface area contributed by atoms with Gasteiger partial charge < -0.3 is 10.1 Å². The van der Waals surface area contributed by atoms with Gasteiger partial charge in [-0.15, -0.1) is 0 Å². The van der Waals surface area contributed by atoms with Crippen LogP contribution in [0.2, 0.25) is 0 Å². The Bertz CT molecular complexity index is 620. The van der Waals surface area contributed by atoms with Gasteiger partial charge in [-0.3, -0.25) is 14.9 Å². The van der Waals surface area contributed by atoms with Crippen LogP contribution in [0.3, 0.4) is 0 Å². The highest BCUT2D eigenvalue weighted by molar-refractivity contribution is 5.97. The third kappa shape index (κ3) is 2.98. The molecule has 0 bridgehead atoms. The van der Waals surface area contributed by atoms with E-state index in [1.54, 1.807) is 0 Å². The number of non-ortho nitro benzene ring substituents is 1. The minimum absolute atomic E-state index is 0.188. The Labute approximate surface area is 119 Å². The highest BCUT2D eigenvalue weighted by atomic mass is 19.1. The zero-order valence-electron chi connectivity index (χ0n) is 11.0. The van der Waals surface area contributed by atoms with Crippen LogP contribution in [-0.2, 0) is 9.53 Å². The first-order valence-electron chi connectivity index (χ1n) is 6.23. The number of ether oxygens (including phenoxy) is 1. The summed E-state index contributed by atoms with van der Waals surface area (Å²) in [5, 5.41) is 22.1. The Hall–Kier alpha value is -2.53. The largest absolute Gasteiger partial charge is 0.381 e. The first-order chi connectivity index (χ1) is 9.98. The molecule has 1 aromatic rings. The lowest BCUT2D eigenvalue weighted by Crippen LogP contribution is -2.40. The lowest BCUT2D eigenvalue weighted by molar-refractivity contribution is -0.385. The number of carbonyl (C=O) groups is 1. The molecular formula is C13H12FN3O4. The molecule has 1 aromatic carbocycles. The fourth-order valence-electron chi connectivity index (χ4n) is 2.07. The van der Waals surface area contributed by atoms with Gasteiger partial charge >= 0.3 is 0 Å². The van der Waals surface area contributed by atoms with E-state index < -0.39 is 27.8 Å². The van der Waals surface area contributed by atoms with E-state index in [2.05, 4.69) is 5.32 Å². The standard InChI is InChI=1S/C13H12FN3O4/c14-10-7-9(17(19)20)1-2-11(10)16-12(18)13(8-15)3-5-21-6-4-13/h1-2,7H,3-6H2,(H,16,18). The molecule has 21 heavy (non-hydrogen) atoms. The summed E-state index contributed by atoms with van der Waals surface area (Å²) in [6, 6.07) is 4.88. The van der Waals surface area contributed by atoms with Gasteiger partial charge in [-0.05, 0) is 18.9 Å². The smallest absolute Gasteiger partial charge is 0.272 e. The van der Waals surface area contributed by atoms with E-state index >= 15 is 0 Å². The molecule has 0 aliphatic carbocycles. The topological polar surface area (TPSA) is 105 Å². The second-order valence-electron chi connectivity index (χ2n) is 4.68. The van der Waals surface area contributed by atoms with Crippen molar-refractivity contribution in [1.82, 2.24) is 0 Å². The van der Waals surface area contributed by atoms with Gasteiger partial charge in [0.1, 0.15) is 5.41 Å². The van der Waals surface area contributed by atoms with E-state index in [0.717, 1.165) is 18.2 Å². The Balaban J connectivity index is 2.19. The van der Waals surface area contributed by atoms with Crippen LogP contribution in [-0.4, -0.2) is 24.0 Å². The maximum Gasteiger partial charge on any atom is 0.272 e. The summed E-state index contributed by atoms with van der Waals surface area (Å²) in [6.07, 6.45) is 0.452. The number of hydrogen-bond donors (Lipinski definition) is 1. The Morgan fingerprint density at radius 2 is 2.14 bits per heavy atom. The van der Waals surface area contributed by atoms with Crippen LogP contribution in [0.15, 0.2) is 18.2 Å². The van der Waals surface area contributed by atoms with Crippen LogP contribution in [0.25, 0.3) is 0 Å². The van der Waals surface area contributed by atoms with Crippen molar-refractivity contribution in [2.75, 3.05) is 18.5 Å². The fourth-order valence-corrected chi connectivity index (χ4v) is 2.07. The summed E-state index contributed by atoms with van der Waals surface area (Å²) in [6.45, 7) is 0.563. The van der Waals surface area contributed by atoms with Gasteiger partial charge in [0, 0.05) is 19.3 Å². The average molecular weight is 293 g/mol. The van der Waals surface area contributed by atoms with Crippen molar-refractivity contribution in [3.05, 3.63) is 34.1 Å². The van der Waals surface area contributed by atoms with E-state index in [-0.39, 0.29) is 31.7 Å². The normalized spacial score (nSPS) is 16.8. The zero-order valence-corrected chi connectivity index (χ0v) is 11.0. The molecule has 1 aliphatic heterocycles. The van der Waals surface area contributed by atoms with Crippen LogP contribution >= 0.6 is 0 Å². The van der Waals surface area contributed by atoms with Gasteiger partial charge in [0.05, 0.1) is 22.7 Å². The number of halogens is 1. The predicted octanol–water partition coefficient (Wildman–Crippen LogP) is 1.99. The van der Waals surface area contributed by atoms with E-state index in [1.807, 2.05) is 6.07 Å². The van der Waals surface area contributed by atoms with Crippen molar-refractivity contribution in [2.45, 2.75) is 12.8 Å². The van der Waals surface area contributed by atoms with Crippen LogP contribution in [0.4, 0.5) is 15.8 Å². The molecule has 1 aliphatic rings. The molecule has 0 unspecified atom stereocenters. The first kappa shape index (κ1) is 14.9. The number of rotatable bonds is 3. The SMILES string of the molecule is N#CC1(C(=O)Nc2ccc([N+](=O)[O-])cc2F)CCOCC1. The van der Waals surface area contributed by atoms with Crippen molar-refractivity contribution in [1.29, 1.82) is 5.26 Å². The molecule has 110 valence electrons. The van der Waals surface area contributed by atoms with Gasteiger partial charge in [0.2, 0.25) is 5.91 Å². The summed E-state index contributed by atoms with van der Waals surface area (Å²) >= 11 is 0. The number of hydrogen-bond acceptors (Lipinski definition) is 5. The highest BCUT2D eigenvalue weighted by Gasteiger charge is 2.40. The number of nitriles is 1. The van der Waals surface area contributed by atoms with Crippen LogP contribution in [0.1, 0.15) is 12.8 Å². The molecule has 1 amide bonds. The van der Waals surface area contributed by atoms with Crippen LogP contribution < -0.4 is 5.32 Å². The van der Waals surface area contributed by atoms with Gasteiger partial charge in [-0.25, -0.2) is 4.39 Å². The monoisotopic (exact) mass is 293 g/mol. The van der Waals surface area contributed by atoms with Crippen molar-refractivity contribution in [3.63, 3.8) is 0 Å². The predicted molar refractivity (Wildman–Crippen MR) is 69.8 cm³/mol. The van der Waals surface area contributed by atoms with Gasteiger partial charge in [-0.1, -0.05) is 0 Å². The van der Waals surface area contributed by atoms with E-state index in [4.69, 9.17) is 4.74 Å². The maximum atomic E-state index is 13.7. The van der Waals surface area contributed by atoms with Gasteiger partial charge in [-0.2, -0.15) is 5.26 Å². The molecule has 1 N–H and O–H groups in total. The number of carbonyl (C=O) groups excluding carboxylic acids is 1. The third-order valence-corrected chi connectivity index (χ3v) is 3.41. The average Bonchev–Trinajstić information content (AvgIpc) is 2.49. The number of amides is 1. The highest BCUT2D eigenvalue weighted by Crippen LogP contribution is 2.32. The van der Waals surface area contributed by atoms with E-state index in [0.29, 0.717) is 0 Å². The Morgan fingerprint density at radius 1 is 1.48 bits per heavy atom. The van der Waals surface area contributed by atoms with Gasteiger partial charge in [0.15, 0.2) is 5.82 Å². The van der Waals surface area contributed by atoms with Crippen molar-refractivity contribution in [2.24, 2.45) is 5.41 Å². The minimum atomic E-state index is -1.26. The van der Waals surface area contributed by atoms with Crippen LogP contribution in [0.5, 0.6) is 0 Å². The van der Waals surface area contributed by atoms with E-state index in [9.17, 15) is 24.6 Å². The molecule has 1 heterocycles. The molecule has 1 saturated heterocycles. The van der Waals surface area contributed by atoms with Crippen molar-refractivity contribution >= 4 is 17.3 Å². The number of nitro benzene ring substituents is 1. The molecule has 8 heteroatoms.